The van der Waals surface area contributed by atoms with Gasteiger partial charge >= 0.3 is 0 Å². The first-order valence-corrected chi connectivity index (χ1v) is 6.43. The van der Waals surface area contributed by atoms with E-state index < -0.39 is 0 Å². The fourth-order valence-corrected chi connectivity index (χ4v) is 2.48. The number of hydrazine groups is 1. The smallest absolute Gasteiger partial charge is 0.0735 e. The van der Waals surface area contributed by atoms with Gasteiger partial charge in [-0.25, -0.2) is 5.43 Å². The fourth-order valence-electron chi connectivity index (χ4n) is 1.81. The lowest BCUT2D eigenvalue weighted by molar-refractivity contribution is 0.631. The quantitative estimate of drug-likeness (QED) is 0.513. The number of hydrogen-bond acceptors (Lipinski definition) is 3. The molecule has 0 spiro atoms. The van der Waals surface area contributed by atoms with Crippen LogP contribution in [0.1, 0.15) is 22.7 Å². The van der Waals surface area contributed by atoms with Gasteiger partial charge in [0.15, 0.2) is 0 Å². The molecule has 88 valence electrons. The molecular weight excluding hydrogens is 325 g/mol. The van der Waals surface area contributed by atoms with Gasteiger partial charge in [-0.3, -0.25) is 10.8 Å². The average molecular weight is 339 g/mol. The number of nitrogens with two attached hydrogens (primary N) is 1. The molecule has 0 amide bonds. The Hall–Kier alpha value is -0.980. The molecule has 1 atom stereocenters. The number of pyridine rings is 1. The lowest BCUT2D eigenvalue weighted by Crippen LogP contribution is -2.29. The SMILES string of the molecule is Cc1cccc(C(NN)c2cccnc2)c1I. The molecule has 1 heterocycles. The topological polar surface area (TPSA) is 50.9 Å². The number of nitrogens with zero attached hydrogens (tertiary/aromatic N) is 1. The first-order valence-electron chi connectivity index (χ1n) is 5.35. The Balaban J connectivity index is 2.46. The fraction of sp³-hybridized carbons (Fsp3) is 0.154. The molecule has 0 aliphatic heterocycles. The number of aromatic nitrogens is 1. The van der Waals surface area contributed by atoms with Gasteiger partial charge in [0.1, 0.15) is 0 Å². The molecule has 3 nitrogen and oxygen atoms in total. The first kappa shape index (κ1) is 12.5. The monoisotopic (exact) mass is 339 g/mol. The van der Waals surface area contributed by atoms with Crippen LogP contribution >= 0.6 is 22.6 Å². The van der Waals surface area contributed by atoms with Crippen molar-refractivity contribution >= 4 is 22.6 Å². The minimum absolute atomic E-state index is 0.0181. The number of rotatable bonds is 3. The lowest BCUT2D eigenvalue weighted by Gasteiger charge is -2.18. The summed E-state index contributed by atoms with van der Waals surface area (Å²) in [5, 5.41) is 0. The number of aryl methyl sites for hydroxylation is 1. The van der Waals surface area contributed by atoms with Gasteiger partial charge in [0.25, 0.3) is 0 Å². The molecule has 1 aromatic heterocycles. The van der Waals surface area contributed by atoms with Crippen molar-refractivity contribution in [2.45, 2.75) is 13.0 Å². The van der Waals surface area contributed by atoms with E-state index in [1.807, 2.05) is 24.4 Å². The minimum atomic E-state index is -0.0181. The Morgan fingerprint density at radius 2 is 2.12 bits per heavy atom. The van der Waals surface area contributed by atoms with Crippen LogP contribution in [-0.2, 0) is 0 Å². The van der Waals surface area contributed by atoms with Gasteiger partial charge in [-0.15, -0.1) is 0 Å². The van der Waals surface area contributed by atoms with Crippen LogP contribution < -0.4 is 11.3 Å². The minimum Gasteiger partial charge on any atom is -0.271 e. The van der Waals surface area contributed by atoms with E-state index in [9.17, 15) is 0 Å². The molecule has 17 heavy (non-hydrogen) atoms. The highest BCUT2D eigenvalue weighted by molar-refractivity contribution is 14.1. The van der Waals surface area contributed by atoms with Crippen LogP contribution in [0, 0.1) is 10.5 Å². The van der Waals surface area contributed by atoms with Crippen LogP contribution in [0.5, 0.6) is 0 Å². The molecule has 0 saturated carbocycles. The highest BCUT2D eigenvalue weighted by Crippen LogP contribution is 2.26. The van der Waals surface area contributed by atoms with Crippen molar-refractivity contribution in [3.8, 4) is 0 Å². The standard InChI is InChI=1S/C13H14IN3/c1-9-4-2-6-11(12(9)14)13(17-15)10-5-3-7-16-8-10/h2-8,13,17H,15H2,1H3. The normalized spacial score (nSPS) is 12.4. The number of halogens is 1. The van der Waals surface area contributed by atoms with Crippen LogP contribution in [-0.4, -0.2) is 4.98 Å². The number of hydrogen-bond donors (Lipinski definition) is 2. The third kappa shape index (κ3) is 2.65. The Bertz CT molecular complexity index is 499. The molecule has 4 heteroatoms. The number of benzene rings is 1. The summed E-state index contributed by atoms with van der Waals surface area (Å²) >= 11 is 2.35. The molecule has 0 bridgehead atoms. The van der Waals surface area contributed by atoms with E-state index >= 15 is 0 Å². The largest absolute Gasteiger partial charge is 0.271 e. The zero-order valence-corrected chi connectivity index (χ0v) is 11.7. The van der Waals surface area contributed by atoms with Crippen LogP contribution in [0.15, 0.2) is 42.7 Å². The molecule has 0 saturated heterocycles. The maximum absolute atomic E-state index is 5.67. The molecular formula is C13H14IN3. The predicted octanol–water partition coefficient (Wildman–Crippen LogP) is 2.55. The second-order valence-electron chi connectivity index (χ2n) is 3.86. The molecule has 2 rings (SSSR count). The van der Waals surface area contributed by atoms with Crippen LogP contribution in [0.3, 0.4) is 0 Å². The van der Waals surface area contributed by atoms with Crippen molar-refractivity contribution < 1.29 is 0 Å². The molecule has 1 aromatic carbocycles. The lowest BCUT2D eigenvalue weighted by atomic mass is 9.99. The Morgan fingerprint density at radius 1 is 1.29 bits per heavy atom. The zero-order chi connectivity index (χ0) is 12.3. The molecule has 0 aliphatic rings. The summed E-state index contributed by atoms with van der Waals surface area (Å²) in [6.07, 6.45) is 3.60. The van der Waals surface area contributed by atoms with Gasteiger partial charge in [-0.1, -0.05) is 24.3 Å². The van der Waals surface area contributed by atoms with Crippen LogP contribution in [0.2, 0.25) is 0 Å². The zero-order valence-electron chi connectivity index (χ0n) is 9.52. The second-order valence-corrected chi connectivity index (χ2v) is 4.94. The summed E-state index contributed by atoms with van der Waals surface area (Å²) in [6.45, 7) is 2.10. The van der Waals surface area contributed by atoms with E-state index in [2.05, 4.69) is 52.1 Å². The van der Waals surface area contributed by atoms with Crippen molar-refractivity contribution in [3.63, 3.8) is 0 Å². The summed E-state index contributed by atoms with van der Waals surface area (Å²) in [7, 11) is 0. The van der Waals surface area contributed by atoms with Gasteiger partial charge in [0.2, 0.25) is 0 Å². The molecule has 0 fully saturated rings. The molecule has 2 aromatic rings. The maximum Gasteiger partial charge on any atom is 0.0735 e. The van der Waals surface area contributed by atoms with Gasteiger partial charge in [0.05, 0.1) is 6.04 Å². The van der Waals surface area contributed by atoms with E-state index in [4.69, 9.17) is 5.84 Å². The summed E-state index contributed by atoms with van der Waals surface area (Å²) < 4.78 is 1.23. The van der Waals surface area contributed by atoms with Crippen molar-refractivity contribution in [3.05, 3.63) is 63.0 Å². The Kier molecular flexibility index (Phi) is 4.09. The van der Waals surface area contributed by atoms with Crippen LogP contribution in [0.25, 0.3) is 0 Å². The highest BCUT2D eigenvalue weighted by Gasteiger charge is 2.15. The van der Waals surface area contributed by atoms with E-state index in [0.29, 0.717) is 0 Å². The van der Waals surface area contributed by atoms with Crippen LogP contribution in [0.4, 0.5) is 0 Å². The summed E-state index contributed by atoms with van der Waals surface area (Å²) in [4.78, 5) is 4.13. The molecule has 3 N–H and O–H groups in total. The highest BCUT2D eigenvalue weighted by atomic mass is 127. The summed E-state index contributed by atoms with van der Waals surface area (Å²) in [5.74, 6) is 5.67. The van der Waals surface area contributed by atoms with Crippen molar-refractivity contribution in [2.75, 3.05) is 0 Å². The third-order valence-corrected chi connectivity index (χ3v) is 4.19. The first-order chi connectivity index (χ1) is 8.24. The molecule has 0 aliphatic carbocycles. The van der Waals surface area contributed by atoms with Crippen molar-refractivity contribution in [2.24, 2.45) is 5.84 Å². The van der Waals surface area contributed by atoms with Crippen molar-refractivity contribution in [1.29, 1.82) is 0 Å². The van der Waals surface area contributed by atoms with Gasteiger partial charge in [-0.05, 0) is 52.3 Å². The van der Waals surface area contributed by atoms with E-state index in [1.165, 1.54) is 14.7 Å². The van der Waals surface area contributed by atoms with Gasteiger partial charge < -0.3 is 0 Å². The van der Waals surface area contributed by atoms with E-state index in [-0.39, 0.29) is 6.04 Å². The van der Waals surface area contributed by atoms with E-state index in [1.54, 1.807) is 6.20 Å². The second kappa shape index (κ2) is 5.57. The van der Waals surface area contributed by atoms with Gasteiger partial charge in [0, 0.05) is 16.0 Å². The van der Waals surface area contributed by atoms with E-state index in [0.717, 1.165) is 5.56 Å². The summed E-state index contributed by atoms with van der Waals surface area (Å²) in [6, 6.07) is 10.2. The average Bonchev–Trinajstić information content (AvgIpc) is 2.37. The molecule has 0 radical (unpaired) electrons. The number of nitrogens with one attached hydrogen (secondary N) is 1. The summed E-state index contributed by atoms with van der Waals surface area (Å²) in [5.41, 5.74) is 6.36. The maximum atomic E-state index is 5.67. The van der Waals surface area contributed by atoms with Gasteiger partial charge in [-0.2, -0.15) is 0 Å². The third-order valence-electron chi connectivity index (χ3n) is 2.72. The Morgan fingerprint density at radius 3 is 2.76 bits per heavy atom. The molecule has 1 unspecified atom stereocenters. The van der Waals surface area contributed by atoms with Crippen molar-refractivity contribution in [1.82, 2.24) is 10.4 Å². The Labute approximate surface area is 115 Å². The predicted molar refractivity (Wildman–Crippen MR) is 77.3 cm³/mol.